The van der Waals surface area contributed by atoms with Crippen LogP contribution in [-0.4, -0.2) is 13.1 Å². The van der Waals surface area contributed by atoms with Gasteiger partial charge in [0.25, 0.3) is 0 Å². The molecule has 0 saturated carbocycles. The predicted octanol–water partition coefficient (Wildman–Crippen LogP) is 3.70. The molecule has 3 heteroatoms. The molecular formula is C14H13ClO2. The molecule has 0 bridgehead atoms. The summed E-state index contributed by atoms with van der Waals surface area (Å²) in [7, 11) is 1.40. The van der Waals surface area contributed by atoms with Gasteiger partial charge in [0.2, 0.25) is 0 Å². The first kappa shape index (κ1) is 11.9. The van der Waals surface area contributed by atoms with Crippen LogP contribution in [-0.2, 0) is 9.53 Å². The van der Waals surface area contributed by atoms with Gasteiger partial charge >= 0.3 is 5.97 Å². The number of hydrogen-bond acceptors (Lipinski definition) is 2. The zero-order valence-corrected chi connectivity index (χ0v) is 10.5. The smallest absolute Gasteiger partial charge is 0.334 e. The third-order valence-corrected chi connectivity index (χ3v) is 3.08. The number of ether oxygens (including phenoxy) is 1. The van der Waals surface area contributed by atoms with Gasteiger partial charge in [0.15, 0.2) is 0 Å². The second kappa shape index (κ2) is 4.76. The Labute approximate surface area is 106 Å². The summed E-state index contributed by atoms with van der Waals surface area (Å²) in [6.45, 7) is 2.02. The average Bonchev–Trinajstić information content (AvgIpc) is 2.49. The van der Waals surface area contributed by atoms with Crippen molar-refractivity contribution in [3.05, 3.63) is 46.0 Å². The quantitative estimate of drug-likeness (QED) is 0.709. The van der Waals surface area contributed by atoms with E-state index in [1.165, 1.54) is 7.11 Å². The summed E-state index contributed by atoms with van der Waals surface area (Å²) in [5.74, 6) is -0.281. The van der Waals surface area contributed by atoms with Crippen LogP contribution >= 0.6 is 11.6 Å². The summed E-state index contributed by atoms with van der Waals surface area (Å²) in [5.41, 5.74) is 3.85. The molecule has 0 unspecified atom stereocenters. The largest absolute Gasteiger partial charge is 0.466 e. The van der Waals surface area contributed by atoms with Crippen molar-refractivity contribution in [2.45, 2.75) is 13.3 Å². The van der Waals surface area contributed by atoms with Crippen molar-refractivity contribution in [3.8, 4) is 0 Å². The summed E-state index contributed by atoms with van der Waals surface area (Å²) in [6.07, 6.45) is 4.47. The van der Waals surface area contributed by atoms with Gasteiger partial charge in [-0.1, -0.05) is 23.7 Å². The highest BCUT2D eigenvalue weighted by Crippen LogP contribution is 2.29. The van der Waals surface area contributed by atoms with E-state index in [2.05, 4.69) is 0 Å². The lowest BCUT2D eigenvalue weighted by atomic mass is 10.0. The fraction of sp³-hybridized carbons (Fsp3) is 0.214. The first-order valence-corrected chi connectivity index (χ1v) is 5.75. The normalized spacial score (nSPS) is 14.3. The van der Waals surface area contributed by atoms with Crippen molar-refractivity contribution in [2.24, 2.45) is 0 Å². The number of carbonyl (C=O) groups is 1. The molecule has 0 radical (unpaired) electrons. The Morgan fingerprint density at radius 1 is 1.41 bits per heavy atom. The van der Waals surface area contributed by atoms with Crippen LogP contribution < -0.4 is 0 Å². The molecular weight excluding hydrogens is 236 g/mol. The van der Waals surface area contributed by atoms with E-state index in [1.54, 1.807) is 0 Å². The summed E-state index contributed by atoms with van der Waals surface area (Å²) in [4.78, 5) is 11.6. The number of fused-ring (bicyclic) bond motifs is 1. The molecule has 0 N–H and O–H groups in total. The van der Waals surface area contributed by atoms with Gasteiger partial charge in [0.1, 0.15) is 0 Å². The Bertz CT molecular complexity index is 527. The highest BCUT2D eigenvalue weighted by atomic mass is 35.5. The molecule has 1 aromatic carbocycles. The summed E-state index contributed by atoms with van der Waals surface area (Å²) in [6, 6.07) is 5.66. The first-order chi connectivity index (χ1) is 8.11. The van der Waals surface area contributed by atoms with E-state index in [9.17, 15) is 4.79 Å². The van der Waals surface area contributed by atoms with Gasteiger partial charge in [-0.2, -0.15) is 0 Å². The van der Waals surface area contributed by atoms with Gasteiger partial charge in [0, 0.05) is 10.6 Å². The Morgan fingerprint density at radius 2 is 2.18 bits per heavy atom. The van der Waals surface area contributed by atoms with Crippen molar-refractivity contribution in [1.29, 1.82) is 0 Å². The molecule has 0 heterocycles. The number of hydrogen-bond donors (Lipinski definition) is 0. The van der Waals surface area contributed by atoms with Crippen LogP contribution in [0.4, 0.5) is 0 Å². The molecule has 1 aromatic rings. The molecule has 2 rings (SSSR count). The SMILES string of the molecule is COC(=O)C1=Cc2ccc(Cl)cc2C(C)=CC1. The molecule has 88 valence electrons. The van der Waals surface area contributed by atoms with Gasteiger partial charge in [0.05, 0.1) is 7.11 Å². The van der Waals surface area contributed by atoms with Gasteiger partial charge in [-0.3, -0.25) is 0 Å². The Kier molecular flexibility index (Phi) is 3.34. The number of carbonyl (C=O) groups excluding carboxylic acids is 1. The van der Waals surface area contributed by atoms with Crippen molar-refractivity contribution in [2.75, 3.05) is 7.11 Å². The molecule has 1 aliphatic carbocycles. The van der Waals surface area contributed by atoms with Crippen LogP contribution in [0.1, 0.15) is 24.5 Å². The van der Waals surface area contributed by atoms with E-state index in [4.69, 9.17) is 16.3 Å². The molecule has 0 saturated heterocycles. The molecule has 17 heavy (non-hydrogen) atoms. The first-order valence-electron chi connectivity index (χ1n) is 5.37. The lowest BCUT2D eigenvalue weighted by Crippen LogP contribution is -2.03. The third-order valence-electron chi connectivity index (χ3n) is 2.85. The molecule has 0 spiro atoms. The average molecular weight is 249 g/mol. The summed E-state index contributed by atoms with van der Waals surface area (Å²) < 4.78 is 4.76. The van der Waals surface area contributed by atoms with Gasteiger partial charge in [-0.05, 0) is 48.3 Å². The highest BCUT2D eigenvalue weighted by molar-refractivity contribution is 6.30. The van der Waals surface area contributed by atoms with Crippen LogP contribution in [0.5, 0.6) is 0 Å². The number of benzene rings is 1. The van der Waals surface area contributed by atoms with Crippen molar-refractivity contribution >= 4 is 29.2 Å². The molecule has 1 aliphatic rings. The van der Waals surface area contributed by atoms with E-state index in [0.717, 1.165) is 16.7 Å². The Hall–Kier alpha value is -1.54. The maximum atomic E-state index is 11.6. The lowest BCUT2D eigenvalue weighted by Gasteiger charge is -2.05. The van der Waals surface area contributed by atoms with E-state index in [0.29, 0.717) is 17.0 Å². The minimum atomic E-state index is -0.281. The van der Waals surface area contributed by atoms with E-state index in [-0.39, 0.29) is 5.97 Å². The van der Waals surface area contributed by atoms with E-state index >= 15 is 0 Å². The fourth-order valence-corrected chi connectivity index (χ4v) is 2.06. The second-order valence-electron chi connectivity index (χ2n) is 3.98. The van der Waals surface area contributed by atoms with E-state index in [1.807, 2.05) is 37.3 Å². The summed E-state index contributed by atoms with van der Waals surface area (Å²) >= 11 is 5.98. The van der Waals surface area contributed by atoms with Crippen LogP contribution in [0.2, 0.25) is 5.02 Å². The maximum absolute atomic E-state index is 11.6. The van der Waals surface area contributed by atoms with Crippen molar-refractivity contribution in [3.63, 3.8) is 0 Å². The van der Waals surface area contributed by atoms with Crippen molar-refractivity contribution < 1.29 is 9.53 Å². The zero-order chi connectivity index (χ0) is 12.4. The zero-order valence-electron chi connectivity index (χ0n) is 9.79. The van der Waals surface area contributed by atoms with Crippen LogP contribution in [0.25, 0.3) is 11.6 Å². The number of halogens is 1. The van der Waals surface area contributed by atoms with Crippen LogP contribution in [0.15, 0.2) is 29.8 Å². The van der Waals surface area contributed by atoms with E-state index < -0.39 is 0 Å². The van der Waals surface area contributed by atoms with Gasteiger partial charge in [-0.15, -0.1) is 0 Å². The number of allylic oxidation sites excluding steroid dienone is 2. The molecule has 2 nitrogen and oxygen atoms in total. The third kappa shape index (κ3) is 2.42. The molecule has 0 amide bonds. The second-order valence-corrected chi connectivity index (χ2v) is 4.42. The predicted molar refractivity (Wildman–Crippen MR) is 69.7 cm³/mol. The Balaban J connectivity index is 2.54. The monoisotopic (exact) mass is 248 g/mol. The molecule has 0 atom stereocenters. The minimum Gasteiger partial charge on any atom is -0.466 e. The lowest BCUT2D eigenvalue weighted by molar-refractivity contribution is -0.136. The van der Waals surface area contributed by atoms with Crippen LogP contribution in [0.3, 0.4) is 0 Å². The van der Waals surface area contributed by atoms with Gasteiger partial charge in [-0.25, -0.2) is 4.79 Å². The number of rotatable bonds is 1. The maximum Gasteiger partial charge on any atom is 0.334 e. The van der Waals surface area contributed by atoms with Crippen molar-refractivity contribution in [1.82, 2.24) is 0 Å². The standard InChI is InChI=1S/C14H13ClO2/c1-9-3-4-11(14(16)17-2)7-10-5-6-12(15)8-13(9)10/h3,5-8H,4H2,1-2H3. The molecule has 0 aliphatic heterocycles. The minimum absolute atomic E-state index is 0.281. The number of methoxy groups -OCH3 is 1. The van der Waals surface area contributed by atoms with Gasteiger partial charge < -0.3 is 4.74 Å². The fourth-order valence-electron chi connectivity index (χ4n) is 1.89. The topological polar surface area (TPSA) is 26.3 Å². The number of esters is 1. The molecule has 0 aromatic heterocycles. The summed E-state index contributed by atoms with van der Waals surface area (Å²) in [5, 5.41) is 0.700. The molecule has 0 fully saturated rings. The Morgan fingerprint density at radius 3 is 2.88 bits per heavy atom. The van der Waals surface area contributed by atoms with Crippen LogP contribution in [0, 0.1) is 0 Å². The highest BCUT2D eigenvalue weighted by Gasteiger charge is 2.14.